The quantitative estimate of drug-likeness (QED) is 0.644. The van der Waals surface area contributed by atoms with Gasteiger partial charge in [-0.2, -0.15) is 0 Å². The van der Waals surface area contributed by atoms with Crippen LogP contribution in [0.2, 0.25) is 0 Å². The Kier molecular flexibility index (Phi) is 3.67. The predicted molar refractivity (Wildman–Crippen MR) is 58.3 cm³/mol. The maximum atomic E-state index is 5.88. The van der Waals surface area contributed by atoms with Gasteiger partial charge in [0, 0.05) is 11.4 Å². The van der Waals surface area contributed by atoms with E-state index in [0.717, 1.165) is 12.5 Å². The van der Waals surface area contributed by atoms with Crippen LogP contribution in [-0.4, -0.2) is 17.5 Å². The first-order chi connectivity index (χ1) is 6.38. The number of ether oxygens (including phenoxy) is 1. The zero-order valence-electron chi connectivity index (χ0n) is 8.18. The van der Waals surface area contributed by atoms with Crippen LogP contribution in [0.25, 0.3) is 0 Å². The Morgan fingerprint density at radius 1 is 0.923 bits per heavy atom. The fraction of sp³-hybridized carbons (Fsp3) is 1.00. The van der Waals surface area contributed by atoms with E-state index in [0.29, 0.717) is 10.9 Å². The molecule has 0 aromatic carbocycles. The first-order valence-electron chi connectivity index (χ1n) is 5.63. The first-order valence-corrected chi connectivity index (χ1v) is 6.55. The summed E-state index contributed by atoms with van der Waals surface area (Å²) in [6, 6.07) is 0. The molecule has 0 bridgehead atoms. The second-order valence-corrected chi connectivity index (χ2v) is 5.57. The first kappa shape index (κ1) is 9.97. The molecule has 13 heavy (non-hydrogen) atoms. The average molecular weight is 247 g/mol. The summed E-state index contributed by atoms with van der Waals surface area (Å²) in [4.78, 5) is 0.629. The van der Waals surface area contributed by atoms with Gasteiger partial charge in [-0.25, -0.2) is 0 Å². The van der Waals surface area contributed by atoms with Gasteiger partial charge >= 0.3 is 0 Å². The minimum absolute atomic E-state index is 0.522. The zero-order valence-corrected chi connectivity index (χ0v) is 9.76. The molecule has 1 aliphatic heterocycles. The van der Waals surface area contributed by atoms with Crippen LogP contribution in [0.3, 0.4) is 0 Å². The van der Waals surface area contributed by atoms with Gasteiger partial charge in [0.2, 0.25) is 0 Å². The molecule has 2 rings (SSSR count). The van der Waals surface area contributed by atoms with Gasteiger partial charge in [0.15, 0.2) is 0 Å². The van der Waals surface area contributed by atoms with Crippen LogP contribution in [0.1, 0.15) is 44.9 Å². The summed E-state index contributed by atoms with van der Waals surface area (Å²) >= 11 is 3.77. The van der Waals surface area contributed by atoms with Crippen LogP contribution in [0, 0.1) is 5.92 Å². The number of hydrogen-bond donors (Lipinski definition) is 0. The second kappa shape index (κ2) is 4.79. The molecule has 2 aliphatic rings. The highest BCUT2D eigenvalue weighted by Gasteiger charge is 2.31. The largest absolute Gasteiger partial charge is 0.377 e. The van der Waals surface area contributed by atoms with E-state index in [-0.39, 0.29) is 0 Å². The van der Waals surface area contributed by atoms with Crippen LogP contribution < -0.4 is 0 Å². The van der Waals surface area contributed by atoms with E-state index in [1.54, 1.807) is 0 Å². The molecule has 1 saturated heterocycles. The van der Waals surface area contributed by atoms with Crippen molar-refractivity contribution < 1.29 is 4.74 Å². The van der Waals surface area contributed by atoms with E-state index in [1.165, 1.54) is 44.9 Å². The summed E-state index contributed by atoms with van der Waals surface area (Å²) in [5, 5.41) is 0. The summed E-state index contributed by atoms with van der Waals surface area (Å²) in [5.41, 5.74) is 0. The Morgan fingerprint density at radius 3 is 2.38 bits per heavy atom. The Hall–Kier alpha value is 0.440. The van der Waals surface area contributed by atoms with Crippen LogP contribution in [0.5, 0.6) is 0 Å². The van der Waals surface area contributed by atoms with E-state index < -0.39 is 0 Å². The van der Waals surface area contributed by atoms with E-state index in [2.05, 4.69) is 15.9 Å². The van der Waals surface area contributed by atoms with E-state index in [9.17, 15) is 0 Å². The molecule has 1 aliphatic carbocycles. The molecule has 2 heteroatoms. The molecule has 1 saturated carbocycles. The summed E-state index contributed by atoms with van der Waals surface area (Å²) in [5.74, 6) is 0.846. The van der Waals surface area contributed by atoms with Gasteiger partial charge in [-0.3, -0.25) is 0 Å². The van der Waals surface area contributed by atoms with Gasteiger partial charge in [-0.15, -0.1) is 0 Å². The molecule has 0 amide bonds. The summed E-state index contributed by atoms with van der Waals surface area (Å²) < 4.78 is 5.88. The van der Waals surface area contributed by atoms with E-state index >= 15 is 0 Å². The molecule has 0 radical (unpaired) electrons. The molecule has 2 atom stereocenters. The molecule has 0 aromatic rings. The lowest BCUT2D eigenvalue weighted by atomic mass is 9.83. The van der Waals surface area contributed by atoms with Gasteiger partial charge in [-0.05, 0) is 31.6 Å². The molecular formula is C11H19BrO. The molecule has 1 nitrogen and oxygen atoms in total. The minimum Gasteiger partial charge on any atom is -0.377 e. The van der Waals surface area contributed by atoms with Crippen molar-refractivity contribution in [2.24, 2.45) is 5.92 Å². The van der Waals surface area contributed by atoms with Crippen molar-refractivity contribution in [1.82, 2.24) is 0 Å². The van der Waals surface area contributed by atoms with Crippen molar-refractivity contribution >= 4 is 15.9 Å². The van der Waals surface area contributed by atoms with Crippen molar-refractivity contribution in [2.45, 2.75) is 55.9 Å². The molecule has 76 valence electrons. The number of alkyl halides is 1. The van der Waals surface area contributed by atoms with Crippen molar-refractivity contribution in [2.75, 3.05) is 6.61 Å². The predicted octanol–water partition coefficient (Wildman–Crippen LogP) is 3.51. The fourth-order valence-electron chi connectivity index (χ4n) is 2.66. The minimum atomic E-state index is 0.522. The van der Waals surface area contributed by atoms with E-state index in [1.807, 2.05) is 0 Å². The average Bonchev–Trinajstić information content (AvgIpc) is 2.20. The number of rotatable bonds is 1. The normalized spacial score (nSPS) is 37.6. The molecule has 2 unspecified atom stereocenters. The molecule has 0 aromatic heterocycles. The van der Waals surface area contributed by atoms with Gasteiger partial charge in [0.05, 0.1) is 6.10 Å². The lowest BCUT2D eigenvalue weighted by Crippen LogP contribution is -2.37. The monoisotopic (exact) mass is 246 g/mol. The molecule has 2 fully saturated rings. The summed E-state index contributed by atoms with van der Waals surface area (Å²) in [7, 11) is 0. The number of hydrogen-bond acceptors (Lipinski definition) is 1. The Labute approximate surface area is 89.4 Å². The van der Waals surface area contributed by atoms with E-state index in [4.69, 9.17) is 4.74 Å². The van der Waals surface area contributed by atoms with Crippen molar-refractivity contribution in [3.05, 3.63) is 0 Å². The third-order valence-corrected chi connectivity index (χ3v) is 4.38. The highest BCUT2D eigenvalue weighted by molar-refractivity contribution is 9.09. The third-order valence-electron chi connectivity index (χ3n) is 3.41. The molecule has 0 N–H and O–H groups in total. The highest BCUT2D eigenvalue weighted by Crippen LogP contribution is 2.34. The van der Waals surface area contributed by atoms with Gasteiger partial charge < -0.3 is 4.74 Å². The Morgan fingerprint density at radius 2 is 1.69 bits per heavy atom. The Balaban J connectivity index is 1.88. The highest BCUT2D eigenvalue weighted by atomic mass is 79.9. The Bertz CT molecular complexity index is 154. The van der Waals surface area contributed by atoms with Crippen molar-refractivity contribution in [3.8, 4) is 0 Å². The van der Waals surface area contributed by atoms with Gasteiger partial charge in [0.25, 0.3) is 0 Å². The molecular weight excluding hydrogens is 228 g/mol. The lowest BCUT2D eigenvalue weighted by Gasteiger charge is -2.36. The van der Waals surface area contributed by atoms with Crippen LogP contribution >= 0.6 is 15.9 Å². The SMILES string of the molecule is BrC1CCCOC1C1CCCCC1. The topological polar surface area (TPSA) is 9.23 Å². The fourth-order valence-corrected chi connectivity index (χ4v) is 3.57. The summed E-state index contributed by atoms with van der Waals surface area (Å²) in [6.07, 6.45) is 10.1. The maximum absolute atomic E-state index is 5.88. The zero-order chi connectivity index (χ0) is 9.10. The molecule has 1 heterocycles. The lowest BCUT2D eigenvalue weighted by molar-refractivity contribution is -0.0241. The smallest absolute Gasteiger partial charge is 0.0728 e. The standard InChI is InChI=1S/C11H19BrO/c12-10-7-4-8-13-11(10)9-5-2-1-3-6-9/h9-11H,1-8H2. The third kappa shape index (κ3) is 2.47. The maximum Gasteiger partial charge on any atom is 0.0728 e. The van der Waals surface area contributed by atoms with Crippen LogP contribution in [-0.2, 0) is 4.74 Å². The van der Waals surface area contributed by atoms with Crippen molar-refractivity contribution in [3.63, 3.8) is 0 Å². The van der Waals surface area contributed by atoms with Crippen LogP contribution in [0.15, 0.2) is 0 Å². The van der Waals surface area contributed by atoms with Crippen molar-refractivity contribution in [1.29, 1.82) is 0 Å². The second-order valence-electron chi connectivity index (χ2n) is 4.39. The van der Waals surface area contributed by atoms with Crippen LogP contribution in [0.4, 0.5) is 0 Å². The van der Waals surface area contributed by atoms with Gasteiger partial charge in [-0.1, -0.05) is 35.2 Å². The summed E-state index contributed by atoms with van der Waals surface area (Å²) in [6.45, 7) is 0.989. The number of halogens is 1. The van der Waals surface area contributed by atoms with Gasteiger partial charge in [0.1, 0.15) is 0 Å². The molecule has 0 spiro atoms.